The summed E-state index contributed by atoms with van der Waals surface area (Å²) >= 11 is 0. The maximum atomic E-state index is 6.68. The highest BCUT2D eigenvalue weighted by atomic mass is 16.5. The van der Waals surface area contributed by atoms with Crippen molar-refractivity contribution in [3.63, 3.8) is 0 Å². The van der Waals surface area contributed by atoms with Crippen LogP contribution in [0.5, 0.6) is 5.75 Å². The number of ether oxygens (including phenoxy) is 1. The Balaban J connectivity index is 1.92. The monoisotopic (exact) mass is 259 g/mol. The molecule has 0 unspecified atom stereocenters. The van der Waals surface area contributed by atoms with Crippen LogP contribution >= 0.6 is 0 Å². The first kappa shape index (κ1) is 13.0. The van der Waals surface area contributed by atoms with Crippen LogP contribution in [-0.4, -0.2) is 6.10 Å². The molecule has 0 spiro atoms. The van der Waals surface area contributed by atoms with Crippen molar-refractivity contribution < 1.29 is 4.74 Å². The molecule has 0 aromatic heterocycles. The van der Waals surface area contributed by atoms with E-state index in [2.05, 4.69) is 25.1 Å². The van der Waals surface area contributed by atoms with Gasteiger partial charge in [0.1, 0.15) is 5.75 Å². The van der Waals surface area contributed by atoms with Crippen LogP contribution in [0.3, 0.4) is 0 Å². The predicted octanol–water partition coefficient (Wildman–Crippen LogP) is 4.04. The van der Waals surface area contributed by atoms with Gasteiger partial charge in [-0.1, -0.05) is 25.0 Å². The number of benzene rings is 1. The van der Waals surface area contributed by atoms with E-state index in [4.69, 9.17) is 10.5 Å². The zero-order valence-electron chi connectivity index (χ0n) is 12.0. The van der Waals surface area contributed by atoms with Crippen molar-refractivity contribution in [3.05, 3.63) is 29.3 Å². The first-order valence-corrected chi connectivity index (χ1v) is 7.75. The van der Waals surface area contributed by atoms with Gasteiger partial charge in [-0.05, 0) is 57.1 Å². The molecule has 2 saturated carbocycles. The SMILES string of the molecule is Cc1cccc(OC2CCCC2)c1C1(N)CCCC1. The van der Waals surface area contributed by atoms with Crippen LogP contribution in [0.4, 0.5) is 0 Å². The van der Waals surface area contributed by atoms with E-state index < -0.39 is 0 Å². The molecule has 2 fully saturated rings. The predicted molar refractivity (Wildman–Crippen MR) is 78.4 cm³/mol. The van der Waals surface area contributed by atoms with Crippen LogP contribution in [0.1, 0.15) is 62.5 Å². The number of hydrogen-bond donors (Lipinski definition) is 1. The minimum absolute atomic E-state index is 0.153. The summed E-state index contributed by atoms with van der Waals surface area (Å²) in [7, 11) is 0. The van der Waals surface area contributed by atoms with Gasteiger partial charge in [-0.2, -0.15) is 0 Å². The van der Waals surface area contributed by atoms with Gasteiger partial charge in [0.05, 0.1) is 6.10 Å². The number of rotatable bonds is 3. The zero-order valence-corrected chi connectivity index (χ0v) is 12.0. The first-order valence-electron chi connectivity index (χ1n) is 7.75. The summed E-state index contributed by atoms with van der Waals surface area (Å²) in [5.74, 6) is 1.05. The average Bonchev–Trinajstić information content (AvgIpc) is 3.01. The molecule has 2 N–H and O–H groups in total. The second-order valence-corrected chi connectivity index (χ2v) is 6.34. The van der Waals surface area contributed by atoms with E-state index in [1.165, 1.54) is 49.7 Å². The molecule has 3 rings (SSSR count). The lowest BCUT2D eigenvalue weighted by Crippen LogP contribution is -2.35. The summed E-state index contributed by atoms with van der Waals surface area (Å²) in [6.45, 7) is 2.17. The van der Waals surface area contributed by atoms with E-state index in [1.807, 2.05) is 0 Å². The molecule has 104 valence electrons. The Morgan fingerprint density at radius 2 is 1.79 bits per heavy atom. The highest BCUT2D eigenvalue weighted by Crippen LogP contribution is 2.43. The van der Waals surface area contributed by atoms with Crippen molar-refractivity contribution in [2.24, 2.45) is 5.73 Å². The van der Waals surface area contributed by atoms with Crippen LogP contribution < -0.4 is 10.5 Å². The van der Waals surface area contributed by atoms with Gasteiger partial charge in [-0.3, -0.25) is 0 Å². The van der Waals surface area contributed by atoms with Crippen molar-refractivity contribution >= 4 is 0 Å². The second kappa shape index (κ2) is 5.16. The Morgan fingerprint density at radius 3 is 2.47 bits per heavy atom. The lowest BCUT2D eigenvalue weighted by atomic mass is 9.85. The van der Waals surface area contributed by atoms with Crippen LogP contribution in [0.2, 0.25) is 0 Å². The summed E-state index contributed by atoms with van der Waals surface area (Å²) in [5, 5.41) is 0. The Hall–Kier alpha value is -1.02. The van der Waals surface area contributed by atoms with Crippen molar-refractivity contribution in [1.82, 2.24) is 0 Å². The average molecular weight is 259 g/mol. The van der Waals surface area contributed by atoms with Gasteiger partial charge in [0.25, 0.3) is 0 Å². The van der Waals surface area contributed by atoms with Gasteiger partial charge < -0.3 is 10.5 Å². The Bertz CT molecular complexity index is 443. The van der Waals surface area contributed by atoms with E-state index in [0.29, 0.717) is 6.10 Å². The van der Waals surface area contributed by atoms with Crippen molar-refractivity contribution in [3.8, 4) is 5.75 Å². The normalized spacial score (nSPS) is 22.8. The Kier molecular flexibility index (Phi) is 3.53. The fourth-order valence-electron chi connectivity index (χ4n) is 3.82. The van der Waals surface area contributed by atoms with E-state index >= 15 is 0 Å². The van der Waals surface area contributed by atoms with Gasteiger partial charge in [0.2, 0.25) is 0 Å². The summed E-state index contributed by atoms with van der Waals surface area (Å²) in [6.07, 6.45) is 10.1. The van der Waals surface area contributed by atoms with Gasteiger partial charge >= 0.3 is 0 Å². The van der Waals surface area contributed by atoms with Gasteiger partial charge in [0.15, 0.2) is 0 Å². The lowest BCUT2D eigenvalue weighted by molar-refractivity contribution is 0.203. The van der Waals surface area contributed by atoms with Crippen molar-refractivity contribution in [2.75, 3.05) is 0 Å². The highest BCUT2D eigenvalue weighted by molar-refractivity contribution is 5.45. The van der Waals surface area contributed by atoms with Crippen LogP contribution in [0.15, 0.2) is 18.2 Å². The molecular weight excluding hydrogens is 234 g/mol. The first-order chi connectivity index (χ1) is 9.19. The minimum Gasteiger partial charge on any atom is -0.490 e. The molecule has 2 heteroatoms. The quantitative estimate of drug-likeness (QED) is 0.889. The fraction of sp³-hybridized carbons (Fsp3) is 0.647. The molecular formula is C17H25NO. The summed E-state index contributed by atoms with van der Waals surface area (Å²) in [6, 6.07) is 6.39. The third-order valence-electron chi connectivity index (χ3n) is 4.82. The highest BCUT2D eigenvalue weighted by Gasteiger charge is 2.35. The Morgan fingerprint density at radius 1 is 1.11 bits per heavy atom. The third kappa shape index (κ3) is 2.51. The van der Waals surface area contributed by atoms with Crippen LogP contribution in [-0.2, 0) is 5.54 Å². The standard InChI is InChI=1S/C17H25NO/c1-13-7-6-10-15(19-14-8-2-3-9-14)16(13)17(18)11-4-5-12-17/h6-7,10,14H,2-5,8-9,11-12,18H2,1H3. The van der Waals surface area contributed by atoms with Crippen molar-refractivity contribution in [1.29, 1.82) is 0 Å². The van der Waals surface area contributed by atoms with E-state index in [1.54, 1.807) is 0 Å². The molecule has 0 aliphatic heterocycles. The molecule has 0 atom stereocenters. The van der Waals surface area contributed by atoms with Crippen LogP contribution in [0, 0.1) is 6.92 Å². The van der Waals surface area contributed by atoms with Crippen LogP contribution in [0.25, 0.3) is 0 Å². The fourth-order valence-corrected chi connectivity index (χ4v) is 3.82. The van der Waals surface area contributed by atoms with Gasteiger partial charge in [-0.25, -0.2) is 0 Å². The largest absolute Gasteiger partial charge is 0.490 e. The summed E-state index contributed by atoms with van der Waals surface area (Å²) in [5.41, 5.74) is 9.09. The van der Waals surface area contributed by atoms with E-state index in [9.17, 15) is 0 Å². The lowest BCUT2D eigenvalue weighted by Gasteiger charge is -2.29. The van der Waals surface area contributed by atoms with Gasteiger partial charge in [-0.15, -0.1) is 0 Å². The molecule has 0 heterocycles. The maximum absolute atomic E-state index is 6.68. The molecule has 2 aliphatic carbocycles. The molecule has 2 nitrogen and oxygen atoms in total. The summed E-state index contributed by atoms with van der Waals surface area (Å²) in [4.78, 5) is 0. The molecule has 1 aromatic carbocycles. The zero-order chi connectivity index (χ0) is 13.3. The van der Waals surface area contributed by atoms with E-state index in [-0.39, 0.29) is 5.54 Å². The third-order valence-corrected chi connectivity index (χ3v) is 4.82. The number of hydrogen-bond acceptors (Lipinski definition) is 2. The molecule has 0 saturated heterocycles. The van der Waals surface area contributed by atoms with Gasteiger partial charge in [0, 0.05) is 11.1 Å². The van der Waals surface area contributed by atoms with E-state index in [0.717, 1.165) is 18.6 Å². The number of nitrogens with two attached hydrogens (primary N) is 1. The molecule has 1 aromatic rings. The molecule has 0 bridgehead atoms. The van der Waals surface area contributed by atoms with Crippen molar-refractivity contribution in [2.45, 2.75) is 69.9 Å². The molecule has 0 radical (unpaired) electrons. The minimum atomic E-state index is -0.153. The Labute approximate surface area is 116 Å². The maximum Gasteiger partial charge on any atom is 0.125 e. The molecule has 0 amide bonds. The smallest absolute Gasteiger partial charge is 0.125 e. The molecule has 19 heavy (non-hydrogen) atoms. The molecule has 2 aliphatic rings. The number of aryl methyl sites for hydroxylation is 1. The summed E-state index contributed by atoms with van der Waals surface area (Å²) < 4.78 is 6.28. The second-order valence-electron chi connectivity index (χ2n) is 6.34. The topological polar surface area (TPSA) is 35.2 Å².